The summed E-state index contributed by atoms with van der Waals surface area (Å²) in [6.45, 7) is 1.89. The molecular weight excluding hydrogens is 536 g/mol. The lowest BCUT2D eigenvalue weighted by atomic mass is 9.67. The SMILES string of the molecule is COc1ccc(N2CCN3c4ccccc4CC4(C(=O)NC(=O)N(CCc5ccc(OC)c(OC)c5)C4=O)C3C2)cc1. The van der Waals surface area contributed by atoms with E-state index < -0.39 is 29.3 Å². The van der Waals surface area contributed by atoms with Crippen LogP contribution in [0.3, 0.4) is 0 Å². The molecule has 3 aromatic rings. The molecule has 10 heteroatoms. The second kappa shape index (κ2) is 10.9. The molecule has 0 aliphatic carbocycles. The summed E-state index contributed by atoms with van der Waals surface area (Å²) in [5.41, 5.74) is 2.33. The molecule has 2 fully saturated rings. The monoisotopic (exact) mass is 570 g/mol. The van der Waals surface area contributed by atoms with Gasteiger partial charge < -0.3 is 24.0 Å². The molecule has 218 valence electrons. The molecule has 10 nitrogen and oxygen atoms in total. The molecule has 3 aromatic carbocycles. The van der Waals surface area contributed by atoms with E-state index in [1.54, 1.807) is 27.4 Å². The highest BCUT2D eigenvalue weighted by molar-refractivity contribution is 6.20. The number of urea groups is 1. The van der Waals surface area contributed by atoms with Gasteiger partial charge in [0.2, 0.25) is 11.8 Å². The van der Waals surface area contributed by atoms with E-state index in [2.05, 4.69) is 15.1 Å². The zero-order valence-electron chi connectivity index (χ0n) is 24.0. The lowest BCUT2D eigenvalue weighted by Gasteiger charge is -2.55. The first-order valence-corrected chi connectivity index (χ1v) is 14.0. The quantitative estimate of drug-likeness (QED) is 0.432. The average molecular weight is 571 g/mol. The lowest BCUT2D eigenvalue weighted by Crippen LogP contribution is -2.75. The van der Waals surface area contributed by atoms with Crippen molar-refractivity contribution in [1.82, 2.24) is 10.2 Å². The number of imide groups is 2. The minimum Gasteiger partial charge on any atom is -0.497 e. The van der Waals surface area contributed by atoms with Crippen molar-refractivity contribution in [2.75, 3.05) is 57.3 Å². The number of piperazine rings is 1. The van der Waals surface area contributed by atoms with Gasteiger partial charge in [-0.1, -0.05) is 24.3 Å². The number of fused-ring (bicyclic) bond motifs is 4. The number of anilines is 2. The molecule has 2 atom stereocenters. The highest BCUT2D eigenvalue weighted by Crippen LogP contribution is 2.46. The van der Waals surface area contributed by atoms with Crippen LogP contribution < -0.4 is 29.3 Å². The fourth-order valence-electron chi connectivity index (χ4n) is 6.52. The van der Waals surface area contributed by atoms with Gasteiger partial charge in [0.1, 0.15) is 5.75 Å². The van der Waals surface area contributed by atoms with E-state index in [1.165, 1.54) is 4.90 Å². The lowest BCUT2D eigenvalue weighted by molar-refractivity contribution is -0.153. The van der Waals surface area contributed by atoms with Crippen molar-refractivity contribution < 1.29 is 28.6 Å². The number of benzene rings is 3. The zero-order chi connectivity index (χ0) is 29.4. The van der Waals surface area contributed by atoms with Crippen molar-refractivity contribution in [2.45, 2.75) is 18.9 Å². The van der Waals surface area contributed by atoms with Crippen molar-refractivity contribution in [1.29, 1.82) is 0 Å². The molecule has 0 aromatic heterocycles. The summed E-state index contributed by atoms with van der Waals surface area (Å²) in [6.07, 6.45) is 0.609. The van der Waals surface area contributed by atoms with Crippen molar-refractivity contribution in [3.8, 4) is 17.2 Å². The van der Waals surface area contributed by atoms with Gasteiger partial charge in [0, 0.05) is 37.6 Å². The van der Waals surface area contributed by atoms with Gasteiger partial charge in [-0.05, 0) is 66.4 Å². The first kappa shape index (κ1) is 27.4. The highest BCUT2D eigenvalue weighted by atomic mass is 16.5. The van der Waals surface area contributed by atoms with Gasteiger partial charge >= 0.3 is 6.03 Å². The van der Waals surface area contributed by atoms with Crippen LogP contribution in [0.5, 0.6) is 17.2 Å². The number of ether oxygens (including phenoxy) is 3. The van der Waals surface area contributed by atoms with E-state index in [1.807, 2.05) is 60.7 Å². The normalized spacial score (nSPS) is 21.5. The number of carbonyl (C=O) groups excluding carboxylic acids is 3. The molecule has 0 saturated carbocycles. The maximum Gasteiger partial charge on any atom is 0.330 e. The molecule has 3 heterocycles. The third-order valence-electron chi connectivity index (χ3n) is 8.73. The van der Waals surface area contributed by atoms with E-state index in [0.717, 1.165) is 28.3 Å². The topological polar surface area (TPSA) is 101 Å². The van der Waals surface area contributed by atoms with Crippen LogP contribution in [0.15, 0.2) is 66.7 Å². The maximum atomic E-state index is 14.5. The molecule has 1 spiro atoms. The van der Waals surface area contributed by atoms with E-state index in [4.69, 9.17) is 14.2 Å². The zero-order valence-corrected chi connectivity index (χ0v) is 24.0. The van der Waals surface area contributed by atoms with Gasteiger partial charge in [0.15, 0.2) is 16.9 Å². The Labute approximate surface area is 244 Å². The molecule has 1 N–H and O–H groups in total. The van der Waals surface area contributed by atoms with Gasteiger partial charge in [-0.15, -0.1) is 0 Å². The minimum atomic E-state index is -1.47. The molecule has 3 aliphatic rings. The Morgan fingerprint density at radius 2 is 1.64 bits per heavy atom. The minimum absolute atomic E-state index is 0.117. The molecule has 4 amide bonds. The molecule has 3 aliphatic heterocycles. The average Bonchev–Trinajstić information content (AvgIpc) is 3.03. The van der Waals surface area contributed by atoms with Gasteiger partial charge in [-0.25, -0.2) is 4.79 Å². The number of para-hydroxylation sites is 1. The molecule has 0 bridgehead atoms. The van der Waals surface area contributed by atoms with Crippen LogP contribution in [0.25, 0.3) is 0 Å². The van der Waals surface area contributed by atoms with Crippen LogP contribution >= 0.6 is 0 Å². The summed E-state index contributed by atoms with van der Waals surface area (Å²) in [6, 6.07) is 20.0. The summed E-state index contributed by atoms with van der Waals surface area (Å²) in [4.78, 5) is 47.1. The van der Waals surface area contributed by atoms with E-state index in [-0.39, 0.29) is 13.0 Å². The van der Waals surface area contributed by atoms with Gasteiger partial charge in [-0.2, -0.15) is 0 Å². The van der Waals surface area contributed by atoms with Crippen LogP contribution in [-0.2, 0) is 22.4 Å². The number of amides is 4. The van der Waals surface area contributed by atoms with Crippen molar-refractivity contribution in [3.63, 3.8) is 0 Å². The van der Waals surface area contributed by atoms with E-state index in [9.17, 15) is 14.4 Å². The molecular formula is C32H34N4O6. The summed E-state index contributed by atoms with van der Waals surface area (Å²) in [7, 11) is 4.75. The van der Waals surface area contributed by atoms with Gasteiger partial charge in [0.25, 0.3) is 0 Å². The Hall–Kier alpha value is -4.73. The largest absolute Gasteiger partial charge is 0.497 e. The van der Waals surface area contributed by atoms with Crippen molar-refractivity contribution >= 4 is 29.2 Å². The van der Waals surface area contributed by atoms with E-state index >= 15 is 0 Å². The first-order valence-electron chi connectivity index (χ1n) is 14.0. The third kappa shape index (κ3) is 4.47. The molecule has 6 rings (SSSR count). The van der Waals surface area contributed by atoms with Crippen LogP contribution in [0.4, 0.5) is 16.2 Å². The maximum absolute atomic E-state index is 14.5. The number of barbiturate groups is 1. The van der Waals surface area contributed by atoms with Gasteiger partial charge in [-0.3, -0.25) is 19.8 Å². The van der Waals surface area contributed by atoms with Gasteiger partial charge in [0.05, 0.1) is 27.4 Å². The van der Waals surface area contributed by atoms with Crippen LogP contribution in [0.1, 0.15) is 11.1 Å². The fourth-order valence-corrected chi connectivity index (χ4v) is 6.52. The Kier molecular flexibility index (Phi) is 7.14. The molecule has 2 saturated heterocycles. The Bertz CT molecular complexity index is 1530. The Balaban J connectivity index is 1.34. The number of hydrogen-bond acceptors (Lipinski definition) is 8. The second-order valence-electron chi connectivity index (χ2n) is 10.8. The number of nitrogens with one attached hydrogen (secondary N) is 1. The molecule has 0 radical (unpaired) electrons. The third-order valence-corrected chi connectivity index (χ3v) is 8.73. The molecule has 42 heavy (non-hydrogen) atoms. The van der Waals surface area contributed by atoms with E-state index in [0.29, 0.717) is 37.6 Å². The summed E-state index contributed by atoms with van der Waals surface area (Å²) in [5, 5.41) is 2.55. The number of carbonyl (C=O) groups is 3. The van der Waals surface area contributed by atoms with Crippen LogP contribution in [-0.4, -0.2) is 76.3 Å². The Morgan fingerprint density at radius 3 is 2.38 bits per heavy atom. The molecule has 2 unspecified atom stereocenters. The number of hydrogen-bond donors (Lipinski definition) is 1. The summed E-state index contributed by atoms with van der Waals surface area (Å²) in [5.74, 6) is 0.915. The van der Waals surface area contributed by atoms with Crippen molar-refractivity contribution in [2.24, 2.45) is 5.41 Å². The summed E-state index contributed by atoms with van der Waals surface area (Å²) < 4.78 is 16.1. The second-order valence-corrected chi connectivity index (χ2v) is 10.8. The van der Waals surface area contributed by atoms with Crippen LogP contribution in [0.2, 0.25) is 0 Å². The first-order chi connectivity index (χ1) is 20.4. The fraction of sp³-hybridized carbons (Fsp3) is 0.344. The number of nitrogens with zero attached hydrogens (tertiary/aromatic N) is 3. The standard InChI is InChI=1S/C32H34N4O6/c1-40-24-11-9-23(10-12-24)34-16-17-35-25-7-5-4-6-22(25)19-32(28(35)20-34)29(37)33-31(39)36(30(32)38)15-14-21-8-13-26(41-2)27(18-21)42-3/h4-13,18,28H,14-17,19-20H2,1-3H3,(H,33,37,39). The highest BCUT2D eigenvalue weighted by Gasteiger charge is 2.62. The number of methoxy groups -OCH3 is 3. The van der Waals surface area contributed by atoms with Crippen LogP contribution in [0, 0.1) is 5.41 Å². The Morgan fingerprint density at radius 1 is 0.881 bits per heavy atom. The predicted molar refractivity (Wildman–Crippen MR) is 157 cm³/mol. The summed E-state index contributed by atoms with van der Waals surface area (Å²) >= 11 is 0. The van der Waals surface area contributed by atoms with Crippen molar-refractivity contribution in [3.05, 3.63) is 77.9 Å². The smallest absolute Gasteiger partial charge is 0.330 e. The number of rotatable bonds is 7. The predicted octanol–water partition coefficient (Wildman–Crippen LogP) is 3.27.